The van der Waals surface area contributed by atoms with Crippen molar-refractivity contribution in [3.63, 3.8) is 0 Å². The van der Waals surface area contributed by atoms with Gasteiger partial charge in [-0.2, -0.15) is 0 Å². The first kappa shape index (κ1) is 16.5. The third-order valence-corrected chi connectivity index (χ3v) is 11.0. The van der Waals surface area contributed by atoms with Crippen LogP contribution in [0, 0.1) is 5.82 Å². The topological polar surface area (TPSA) is 45.4 Å². The Morgan fingerprint density at radius 2 is 1.42 bits per heavy atom. The van der Waals surface area contributed by atoms with Gasteiger partial charge in [-0.1, -0.05) is 41.5 Å². The van der Waals surface area contributed by atoms with E-state index in [0.717, 1.165) is 0 Å². The number of nitrogens with zero attached hydrogens (tertiary/aromatic N) is 1. The van der Waals surface area contributed by atoms with E-state index in [1.165, 1.54) is 6.20 Å². The standard InChI is InChI=1S/C13H25BFNO2Si/c1-9(2)19(10(3)4,11(5)6)16-7-12(14(17)18)13(15)8-16/h7-11,17-18H,1-6H3. The minimum absolute atomic E-state index is 0.0289. The molecule has 1 aromatic heterocycles. The summed E-state index contributed by atoms with van der Waals surface area (Å²) in [7, 11) is -3.76. The molecule has 0 aromatic carbocycles. The summed E-state index contributed by atoms with van der Waals surface area (Å²) in [5.74, 6) is -0.533. The second kappa shape index (κ2) is 5.81. The highest BCUT2D eigenvalue weighted by Gasteiger charge is 2.45. The highest BCUT2D eigenvalue weighted by Crippen LogP contribution is 2.42. The van der Waals surface area contributed by atoms with Crippen molar-refractivity contribution in [2.75, 3.05) is 0 Å². The normalized spacial score (nSPS) is 12.8. The Kier molecular flexibility index (Phi) is 5.03. The largest absolute Gasteiger partial charge is 0.492 e. The maximum Gasteiger partial charge on any atom is 0.492 e. The van der Waals surface area contributed by atoms with E-state index in [2.05, 4.69) is 41.5 Å². The van der Waals surface area contributed by atoms with E-state index in [9.17, 15) is 14.4 Å². The van der Waals surface area contributed by atoms with Crippen molar-refractivity contribution in [3.8, 4) is 0 Å². The molecule has 2 N–H and O–H groups in total. The van der Waals surface area contributed by atoms with Gasteiger partial charge >= 0.3 is 7.12 Å². The molecule has 0 saturated heterocycles. The molecule has 0 aliphatic rings. The van der Waals surface area contributed by atoms with E-state index in [1.54, 1.807) is 6.20 Å². The molecule has 1 heterocycles. The number of hydrogen-bond acceptors (Lipinski definition) is 2. The number of hydrogen-bond donors (Lipinski definition) is 2. The summed E-state index contributed by atoms with van der Waals surface area (Å²) in [5, 5.41) is 18.4. The molecule has 0 amide bonds. The minimum Gasteiger partial charge on any atom is -0.423 e. The Labute approximate surface area is 116 Å². The lowest BCUT2D eigenvalue weighted by Crippen LogP contribution is -2.51. The quantitative estimate of drug-likeness (QED) is 0.816. The van der Waals surface area contributed by atoms with E-state index < -0.39 is 21.2 Å². The summed E-state index contributed by atoms with van der Waals surface area (Å²) in [4.78, 5) is 0. The second-order valence-electron chi connectivity index (χ2n) is 6.19. The zero-order valence-electron chi connectivity index (χ0n) is 12.7. The van der Waals surface area contributed by atoms with Gasteiger partial charge < -0.3 is 14.3 Å². The van der Waals surface area contributed by atoms with Crippen LogP contribution in [0.3, 0.4) is 0 Å². The van der Waals surface area contributed by atoms with Crippen molar-refractivity contribution >= 4 is 20.8 Å². The average molecular weight is 285 g/mol. The van der Waals surface area contributed by atoms with Crippen molar-refractivity contribution in [2.45, 2.75) is 58.2 Å². The van der Waals surface area contributed by atoms with Crippen LogP contribution in [0.25, 0.3) is 0 Å². The van der Waals surface area contributed by atoms with Gasteiger partial charge in [0.15, 0.2) is 8.24 Å². The fraction of sp³-hybridized carbons (Fsp3) is 0.692. The van der Waals surface area contributed by atoms with Gasteiger partial charge in [0.1, 0.15) is 5.82 Å². The predicted molar refractivity (Wildman–Crippen MR) is 80.7 cm³/mol. The van der Waals surface area contributed by atoms with E-state index in [4.69, 9.17) is 0 Å². The molecule has 0 spiro atoms. The lowest BCUT2D eigenvalue weighted by molar-refractivity contribution is 0.423. The van der Waals surface area contributed by atoms with Gasteiger partial charge in [-0.15, -0.1) is 0 Å². The zero-order chi connectivity index (χ0) is 15.0. The molecule has 19 heavy (non-hydrogen) atoms. The van der Waals surface area contributed by atoms with Gasteiger partial charge in [0, 0.05) is 11.7 Å². The molecule has 0 fully saturated rings. The third kappa shape index (κ3) is 2.66. The summed E-state index contributed by atoms with van der Waals surface area (Å²) in [5.41, 5.74) is 1.27. The first-order valence-electron chi connectivity index (χ1n) is 6.89. The van der Waals surface area contributed by atoms with Crippen LogP contribution in [0.1, 0.15) is 41.5 Å². The van der Waals surface area contributed by atoms with E-state index in [0.29, 0.717) is 16.6 Å². The Hall–Kier alpha value is -0.588. The molecule has 6 heteroatoms. The predicted octanol–water partition coefficient (Wildman–Crippen LogP) is 2.33. The lowest BCUT2D eigenvalue weighted by atomic mass is 9.82. The molecule has 3 nitrogen and oxygen atoms in total. The van der Waals surface area contributed by atoms with Crippen LogP contribution in [0.4, 0.5) is 4.39 Å². The molecule has 0 radical (unpaired) electrons. The van der Waals surface area contributed by atoms with Crippen LogP contribution in [-0.4, -0.2) is 29.6 Å². The maximum atomic E-state index is 13.9. The van der Waals surface area contributed by atoms with Gasteiger partial charge in [0.05, 0.1) is 0 Å². The van der Waals surface area contributed by atoms with E-state index >= 15 is 0 Å². The van der Waals surface area contributed by atoms with E-state index in [-0.39, 0.29) is 5.46 Å². The molecule has 1 rings (SSSR count). The Morgan fingerprint density at radius 1 is 1.00 bits per heavy atom. The van der Waals surface area contributed by atoms with Crippen LogP contribution in [0.15, 0.2) is 12.4 Å². The van der Waals surface area contributed by atoms with Crippen molar-refractivity contribution in [2.24, 2.45) is 0 Å². The summed E-state index contributed by atoms with van der Waals surface area (Å²) < 4.78 is 15.8. The Morgan fingerprint density at radius 3 is 1.68 bits per heavy atom. The average Bonchev–Trinajstić information content (AvgIpc) is 2.59. The van der Waals surface area contributed by atoms with Crippen LogP contribution in [0.5, 0.6) is 0 Å². The highest BCUT2D eigenvalue weighted by molar-refractivity contribution is 6.82. The van der Waals surface area contributed by atoms with Crippen molar-refractivity contribution in [1.29, 1.82) is 0 Å². The summed E-state index contributed by atoms with van der Waals surface area (Å²) >= 11 is 0. The monoisotopic (exact) mass is 285 g/mol. The Balaban J connectivity index is 3.45. The minimum atomic E-state index is -2.01. The van der Waals surface area contributed by atoms with Crippen LogP contribution >= 0.6 is 0 Å². The zero-order valence-corrected chi connectivity index (χ0v) is 13.7. The van der Waals surface area contributed by atoms with Crippen LogP contribution < -0.4 is 5.46 Å². The van der Waals surface area contributed by atoms with Gasteiger partial charge in [0.2, 0.25) is 0 Å². The van der Waals surface area contributed by atoms with Crippen molar-refractivity contribution < 1.29 is 14.4 Å². The van der Waals surface area contributed by atoms with Crippen molar-refractivity contribution in [1.82, 2.24) is 4.23 Å². The highest BCUT2D eigenvalue weighted by atomic mass is 28.3. The first-order chi connectivity index (χ1) is 8.65. The smallest absolute Gasteiger partial charge is 0.423 e. The van der Waals surface area contributed by atoms with Gasteiger partial charge in [0.25, 0.3) is 0 Å². The molecule has 0 bridgehead atoms. The molecule has 0 atom stereocenters. The van der Waals surface area contributed by atoms with E-state index in [1.807, 2.05) is 4.23 Å². The maximum absolute atomic E-state index is 13.9. The van der Waals surface area contributed by atoms with Crippen molar-refractivity contribution in [3.05, 3.63) is 18.2 Å². The molecular formula is C13H25BFNO2Si. The molecular weight excluding hydrogens is 260 g/mol. The summed E-state index contributed by atoms with van der Waals surface area (Å²) in [6, 6.07) is 0. The molecule has 0 saturated carbocycles. The third-order valence-electron chi connectivity index (χ3n) is 4.31. The number of rotatable bonds is 5. The molecule has 1 aromatic rings. The number of halogens is 1. The Bertz CT molecular complexity index is 411. The molecule has 0 aliphatic heterocycles. The summed E-state index contributed by atoms with van der Waals surface area (Å²) in [6.45, 7) is 13.1. The lowest BCUT2D eigenvalue weighted by Gasteiger charge is -2.44. The fourth-order valence-corrected chi connectivity index (χ4v) is 10.2. The van der Waals surface area contributed by atoms with Crippen LogP contribution in [0.2, 0.25) is 16.6 Å². The van der Waals surface area contributed by atoms with Gasteiger partial charge in [-0.05, 0) is 22.8 Å². The molecule has 0 unspecified atom stereocenters. The fourth-order valence-electron chi connectivity index (χ4n) is 3.75. The SMILES string of the molecule is CC(C)[Si](C(C)C)(C(C)C)n1cc(F)c(B(O)O)c1. The van der Waals surface area contributed by atoms with Crippen LogP contribution in [-0.2, 0) is 0 Å². The van der Waals surface area contributed by atoms with Gasteiger partial charge in [-0.25, -0.2) is 4.39 Å². The first-order valence-corrected chi connectivity index (χ1v) is 9.07. The summed E-state index contributed by atoms with van der Waals surface area (Å²) in [6.07, 6.45) is 3.03. The molecule has 0 aliphatic carbocycles. The number of aromatic nitrogens is 1. The van der Waals surface area contributed by atoms with Gasteiger partial charge in [-0.3, -0.25) is 0 Å². The molecule has 108 valence electrons. The second-order valence-corrected chi connectivity index (χ2v) is 11.9.